The highest BCUT2D eigenvalue weighted by Crippen LogP contribution is 2.27. The van der Waals surface area contributed by atoms with Crippen LogP contribution in [-0.4, -0.2) is 66.4 Å². The Morgan fingerprint density at radius 1 is 1.44 bits per heavy atom. The molecular formula is C16H20ClN3O4S. The van der Waals surface area contributed by atoms with Gasteiger partial charge in [-0.25, -0.2) is 0 Å². The molecule has 0 aliphatic carbocycles. The molecule has 0 spiro atoms. The van der Waals surface area contributed by atoms with E-state index in [1.165, 1.54) is 23.8 Å². The van der Waals surface area contributed by atoms with E-state index in [-0.39, 0.29) is 30.0 Å². The van der Waals surface area contributed by atoms with Crippen LogP contribution in [0.5, 0.6) is 5.75 Å². The summed E-state index contributed by atoms with van der Waals surface area (Å²) in [5.74, 6) is 0.686. The van der Waals surface area contributed by atoms with Crippen LogP contribution < -0.4 is 10.1 Å². The van der Waals surface area contributed by atoms with Gasteiger partial charge in [0.1, 0.15) is 5.75 Å². The standard InChI is InChI=1S/C16H20ClN3O4S/c1-19(15(22)5-6-20-7-8-25-16(20)23)10-14(21)18-12-9-11(17)3-4-13(12)24-2/h3-4,9H,5-8,10H2,1-2H3,(H,18,21). The molecule has 3 amide bonds. The van der Waals surface area contributed by atoms with E-state index in [0.717, 1.165) is 5.75 Å². The van der Waals surface area contributed by atoms with Gasteiger partial charge in [-0.3, -0.25) is 14.4 Å². The molecule has 1 aliphatic heterocycles. The number of hydrogen-bond acceptors (Lipinski definition) is 5. The van der Waals surface area contributed by atoms with Crippen molar-refractivity contribution < 1.29 is 19.1 Å². The minimum absolute atomic E-state index is 0.00116. The van der Waals surface area contributed by atoms with E-state index in [0.29, 0.717) is 29.5 Å². The Bertz CT molecular complexity index is 671. The van der Waals surface area contributed by atoms with Crippen LogP contribution in [0.2, 0.25) is 5.02 Å². The van der Waals surface area contributed by atoms with Crippen LogP contribution in [0.25, 0.3) is 0 Å². The molecule has 1 heterocycles. The van der Waals surface area contributed by atoms with Gasteiger partial charge in [-0.1, -0.05) is 23.4 Å². The lowest BCUT2D eigenvalue weighted by molar-refractivity contribution is -0.133. The highest BCUT2D eigenvalue weighted by atomic mass is 35.5. The molecule has 136 valence electrons. The van der Waals surface area contributed by atoms with E-state index >= 15 is 0 Å². The maximum absolute atomic E-state index is 12.1. The number of hydrogen-bond donors (Lipinski definition) is 1. The molecule has 0 bridgehead atoms. The summed E-state index contributed by atoms with van der Waals surface area (Å²) in [4.78, 5) is 38.8. The summed E-state index contributed by atoms with van der Waals surface area (Å²) < 4.78 is 5.17. The highest BCUT2D eigenvalue weighted by molar-refractivity contribution is 8.13. The Kier molecular flexibility index (Phi) is 6.95. The predicted octanol–water partition coefficient (Wildman–Crippen LogP) is 2.30. The smallest absolute Gasteiger partial charge is 0.281 e. The van der Waals surface area contributed by atoms with Gasteiger partial charge < -0.3 is 19.9 Å². The number of anilines is 1. The van der Waals surface area contributed by atoms with Crippen LogP contribution >= 0.6 is 23.4 Å². The number of carbonyl (C=O) groups excluding carboxylic acids is 3. The maximum atomic E-state index is 12.1. The molecule has 2 rings (SSSR count). The van der Waals surface area contributed by atoms with Crippen LogP contribution in [0.1, 0.15) is 6.42 Å². The molecule has 0 saturated carbocycles. The van der Waals surface area contributed by atoms with Gasteiger partial charge in [-0.05, 0) is 18.2 Å². The molecule has 7 nitrogen and oxygen atoms in total. The Balaban J connectivity index is 1.84. The van der Waals surface area contributed by atoms with Crippen molar-refractivity contribution in [2.75, 3.05) is 44.9 Å². The zero-order valence-electron chi connectivity index (χ0n) is 14.1. The van der Waals surface area contributed by atoms with Crippen molar-refractivity contribution >= 4 is 46.1 Å². The summed E-state index contributed by atoms with van der Waals surface area (Å²) in [5.41, 5.74) is 0.445. The number of rotatable bonds is 7. The molecule has 1 aliphatic rings. The van der Waals surface area contributed by atoms with E-state index in [1.807, 2.05) is 0 Å². The molecule has 1 N–H and O–H groups in total. The number of amides is 3. The van der Waals surface area contributed by atoms with Crippen LogP contribution in [-0.2, 0) is 9.59 Å². The molecular weight excluding hydrogens is 366 g/mol. The number of benzene rings is 1. The van der Waals surface area contributed by atoms with E-state index < -0.39 is 0 Å². The first-order valence-electron chi connectivity index (χ1n) is 7.69. The summed E-state index contributed by atoms with van der Waals surface area (Å²) in [5, 5.41) is 3.15. The second-order valence-corrected chi connectivity index (χ2v) is 6.98. The lowest BCUT2D eigenvalue weighted by Crippen LogP contribution is -2.37. The highest BCUT2D eigenvalue weighted by Gasteiger charge is 2.22. The number of halogens is 1. The van der Waals surface area contributed by atoms with Crippen LogP contribution in [0.15, 0.2) is 18.2 Å². The summed E-state index contributed by atoms with van der Waals surface area (Å²) in [7, 11) is 3.05. The molecule has 1 aromatic carbocycles. The molecule has 0 unspecified atom stereocenters. The molecule has 0 atom stereocenters. The number of nitrogens with one attached hydrogen (secondary N) is 1. The third kappa shape index (κ3) is 5.54. The first kappa shape index (κ1) is 19.4. The van der Waals surface area contributed by atoms with Crippen molar-refractivity contribution in [2.45, 2.75) is 6.42 Å². The van der Waals surface area contributed by atoms with Gasteiger partial charge in [0.15, 0.2) is 0 Å². The number of ether oxygens (including phenoxy) is 1. The third-order valence-electron chi connectivity index (χ3n) is 3.68. The fourth-order valence-electron chi connectivity index (χ4n) is 2.32. The Hall–Kier alpha value is -1.93. The second kappa shape index (κ2) is 8.96. The zero-order valence-corrected chi connectivity index (χ0v) is 15.7. The van der Waals surface area contributed by atoms with Gasteiger partial charge in [0, 0.05) is 37.3 Å². The van der Waals surface area contributed by atoms with Crippen molar-refractivity contribution in [1.82, 2.24) is 9.80 Å². The number of methoxy groups -OCH3 is 1. The van der Waals surface area contributed by atoms with Crippen molar-refractivity contribution in [2.24, 2.45) is 0 Å². The quantitative estimate of drug-likeness (QED) is 0.779. The van der Waals surface area contributed by atoms with Crippen molar-refractivity contribution in [3.63, 3.8) is 0 Å². The lowest BCUT2D eigenvalue weighted by atomic mass is 10.3. The van der Waals surface area contributed by atoms with E-state index in [9.17, 15) is 14.4 Å². The van der Waals surface area contributed by atoms with Gasteiger partial charge in [-0.15, -0.1) is 0 Å². The van der Waals surface area contributed by atoms with Crippen molar-refractivity contribution in [3.8, 4) is 5.75 Å². The monoisotopic (exact) mass is 385 g/mol. The molecule has 1 fully saturated rings. The van der Waals surface area contributed by atoms with Crippen LogP contribution in [0.4, 0.5) is 10.5 Å². The van der Waals surface area contributed by atoms with E-state index in [2.05, 4.69) is 5.32 Å². The molecule has 9 heteroatoms. The zero-order chi connectivity index (χ0) is 18.4. The average Bonchev–Trinajstić information content (AvgIpc) is 2.97. The number of likely N-dealkylation sites (N-methyl/N-ethyl adjacent to an activating group) is 1. The normalized spacial score (nSPS) is 13.7. The van der Waals surface area contributed by atoms with E-state index in [1.54, 1.807) is 30.1 Å². The fraction of sp³-hybridized carbons (Fsp3) is 0.438. The number of nitrogens with zero attached hydrogens (tertiary/aromatic N) is 2. The first-order chi connectivity index (χ1) is 11.9. The fourth-order valence-corrected chi connectivity index (χ4v) is 3.35. The summed E-state index contributed by atoms with van der Waals surface area (Å²) >= 11 is 7.18. The third-order valence-corrected chi connectivity index (χ3v) is 4.81. The number of carbonyl (C=O) groups is 3. The molecule has 1 saturated heterocycles. The molecule has 1 aromatic rings. The van der Waals surface area contributed by atoms with Gasteiger partial charge in [0.2, 0.25) is 11.8 Å². The van der Waals surface area contributed by atoms with E-state index in [4.69, 9.17) is 16.3 Å². The summed E-state index contributed by atoms with van der Waals surface area (Å²) in [6, 6.07) is 4.89. The number of thioether (sulfide) groups is 1. The Morgan fingerprint density at radius 3 is 2.84 bits per heavy atom. The van der Waals surface area contributed by atoms with Gasteiger partial charge in [-0.2, -0.15) is 0 Å². The lowest BCUT2D eigenvalue weighted by Gasteiger charge is -2.19. The molecule has 0 aromatic heterocycles. The summed E-state index contributed by atoms with van der Waals surface area (Å²) in [6.45, 7) is 0.936. The maximum Gasteiger partial charge on any atom is 0.281 e. The van der Waals surface area contributed by atoms with Crippen molar-refractivity contribution in [3.05, 3.63) is 23.2 Å². The van der Waals surface area contributed by atoms with Gasteiger partial charge in [0.25, 0.3) is 5.24 Å². The van der Waals surface area contributed by atoms with Gasteiger partial charge in [0.05, 0.1) is 19.3 Å². The Morgan fingerprint density at radius 2 is 2.20 bits per heavy atom. The molecule has 0 radical (unpaired) electrons. The van der Waals surface area contributed by atoms with Crippen molar-refractivity contribution in [1.29, 1.82) is 0 Å². The Labute approximate surface area is 155 Å². The minimum Gasteiger partial charge on any atom is -0.495 e. The second-order valence-electron chi connectivity index (χ2n) is 5.49. The average molecular weight is 386 g/mol. The largest absolute Gasteiger partial charge is 0.495 e. The summed E-state index contributed by atoms with van der Waals surface area (Å²) in [6.07, 6.45) is 0.191. The van der Waals surface area contributed by atoms with Gasteiger partial charge >= 0.3 is 0 Å². The first-order valence-corrected chi connectivity index (χ1v) is 9.06. The SMILES string of the molecule is COc1ccc(Cl)cc1NC(=O)CN(C)C(=O)CCN1CCSC1=O. The topological polar surface area (TPSA) is 79.0 Å². The van der Waals surface area contributed by atoms with Crippen LogP contribution in [0.3, 0.4) is 0 Å². The molecule has 25 heavy (non-hydrogen) atoms. The minimum atomic E-state index is -0.357. The predicted molar refractivity (Wildman–Crippen MR) is 98.3 cm³/mol. The van der Waals surface area contributed by atoms with Crippen LogP contribution in [0, 0.1) is 0 Å².